The molecule has 0 saturated carbocycles. The summed E-state index contributed by atoms with van der Waals surface area (Å²) < 4.78 is 50.3. The summed E-state index contributed by atoms with van der Waals surface area (Å²) in [6, 6.07) is 12.2. The number of hydrogen-bond donors (Lipinski definition) is 1. The van der Waals surface area contributed by atoms with Crippen molar-refractivity contribution in [2.75, 3.05) is 34.2 Å². The minimum absolute atomic E-state index is 0.145. The number of rotatable bonds is 8. The molecule has 0 radical (unpaired) electrons. The molecule has 1 aliphatic heterocycles. The van der Waals surface area contributed by atoms with E-state index in [1.54, 1.807) is 43.3 Å². The monoisotopic (exact) mass is 437 g/mol. The van der Waals surface area contributed by atoms with Crippen LogP contribution in [-0.4, -0.2) is 46.4 Å². The number of anilines is 2. The third-order valence-corrected chi connectivity index (χ3v) is 8.79. The number of sulfonamides is 1. The second kappa shape index (κ2) is 9.13. The molecule has 1 fully saturated rings. The lowest BCUT2D eigenvalue weighted by Gasteiger charge is -2.23. The normalized spacial score (nSPS) is 17.0. The average Bonchev–Trinajstić information content (AvgIpc) is 2.71. The largest absolute Gasteiger partial charge is 0.370 e. The first-order valence-electron chi connectivity index (χ1n) is 9.80. The van der Waals surface area contributed by atoms with Gasteiger partial charge in [0.1, 0.15) is 20.6 Å². The molecule has 0 unspecified atom stereocenters. The van der Waals surface area contributed by atoms with E-state index in [1.807, 2.05) is 6.07 Å². The summed E-state index contributed by atoms with van der Waals surface area (Å²) in [7, 11) is -6.52. The van der Waals surface area contributed by atoms with Crippen molar-refractivity contribution in [2.24, 2.45) is 5.92 Å². The number of nitrogens with one attached hydrogen (secondary N) is 1. The number of hydrogen-bond acceptors (Lipinski definition) is 6. The number of sulfone groups is 1. The summed E-state index contributed by atoms with van der Waals surface area (Å²) >= 11 is 0. The molecule has 7 nitrogen and oxygen atoms in total. The van der Waals surface area contributed by atoms with Crippen LogP contribution in [0, 0.1) is 5.92 Å². The molecule has 0 atom stereocenters. The Kier molecular flexibility index (Phi) is 6.79. The van der Waals surface area contributed by atoms with Gasteiger partial charge in [-0.1, -0.05) is 18.2 Å². The second-order valence-corrected chi connectivity index (χ2v) is 11.4. The molecule has 0 amide bonds. The summed E-state index contributed by atoms with van der Waals surface area (Å²) in [5, 5.41) is 3.20. The zero-order valence-corrected chi connectivity index (χ0v) is 18.1. The molecule has 158 valence electrons. The summed E-state index contributed by atoms with van der Waals surface area (Å²) in [6.45, 7) is 2.79. The Morgan fingerprint density at radius 2 is 1.79 bits per heavy atom. The van der Waals surface area contributed by atoms with Gasteiger partial charge in [0.05, 0.1) is 17.2 Å². The van der Waals surface area contributed by atoms with Crippen LogP contribution in [0.1, 0.15) is 26.2 Å². The molecule has 2 heterocycles. The predicted molar refractivity (Wildman–Crippen MR) is 115 cm³/mol. The smallest absolute Gasteiger partial charge is 0.265 e. The van der Waals surface area contributed by atoms with Crippen LogP contribution in [0.4, 0.5) is 11.5 Å². The van der Waals surface area contributed by atoms with Crippen LogP contribution in [0.2, 0.25) is 0 Å². The van der Waals surface area contributed by atoms with Crippen LogP contribution in [0.3, 0.4) is 0 Å². The fraction of sp³-hybridized carbons (Fsp3) is 0.450. The highest BCUT2D eigenvalue weighted by Crippen LogP contribution is 2.24. The van der Waals surface area contributed by atoms with E-state index in [4.69, 9.17) is 0 Å². The van der Waals surface area contributed by atoms with E-state index in [2.05, 4.69) is 10.3 Å². The fourth-order valence-corrected chi connectivity index (χ4v) is 6.49. The fourth-order valence-electron chi connectivity index (χ4n) is 3.48. The van der Waals surface area contributed by atoms with Gasteiger partial charge in [-0.05, 0) is 56.4 Å². The topological polar surface area (TPSA) is 96.4 Å². The van der Waals surface area contributed by atoms with Crippen molar-refractivity contribution in [1.82, 2.24) is 4.98 Å². The lowest BCUT2D eigenvalue weighted by Crippen LogP contribution is -2.30. The summed E-state index contributed by atoms with van der Waals surface area (Å²) in [6.07, 6.45) is 3.66. The molecule has 2 aromatic rings. The van der Waals surface area contributed by atoms with E-state index < -0.39 is 19.9 Å². The van der Waals surface area contributed by atoms with Crippen molar-refractivity contribution in [3.05, 3.63) is 48.7 Å². The van der Waals surface area contributed by atoms with Gasteiger partial charge in [-0.3, -0.25) is 4.31 Å². The Labute approximate surface area is 173 Å². The van der Waals surface area contributed by atoms with Crippen molar-refractivity contribution in [1.29, 1.82) is 0 Å². The molecule has 1 saturated heterocycles. The van der Waals surface area contributed by atoms with E-state index in [1.165, 1.54) is 10.5 Å². The summed E-state index contributed by atoms with van der Waals surface area (Å²) in [5.74, 6) is 1.56. The Morgan fingerprint density at radius 3 is 2.38 bits per heavy atom. The average molecular weight is 438 g/mol. The SMILES string of the molecule is CCN(c1ccccc1)S(=O)(=O)c1ccc(NCCC2CCS(=O)(=O)CC2)nc1. The highest BCUT2D eigenvalue weighted by molar-refractivity contribution is 7.92. The third-order valence-electron chi connectivity index (χ3n) is 5.19. The highest BCUT2D eigenvalue weighted by atomic mass is 32.2. The van der Waals surface area contributed by atoms with Crippen molar-refractivity contribution in [2.45, 2.75) is 31.1 Å². The molecule has 1 N–H and O–H groups in total. The molecule has 0 bridgehead atoms. The number of para-hydroxylation sites is 1. The highest BCUT2D eigenvalue weighted by Gasteiger charge is 2.24. The Morgan fingerprint density at radius 1 is 1.10 bits per heavy atom. The Bertz CT molecular complexity index is 993. The molecular weight excluding hydrogens is 410 g/mol. The molecule has 0 aliphatic carbocycles. The van der Waals surface area contributed by atoms with Gasteiger partial charge >= 0.3 is 0 Å². The second-order valence-electron chi connectivity index (χ2n) is 7.20. The molecular formula is C20H27N3O4S2. The zero-order valence-electron chi connectivity index (χ0n) is 16.5. The van der Waals surface area contributed by atoms with Crippen LogP contribution in [0.15, 0.2) is 53.6 Å². The van der Waals surface area contributed by atoms with E-state index in [9.17, 15) is 16.8 Å². The van der Waals surface area contributed by atoms with Crippen LogP contribution in [0.25, 0.3) is 0 Å². The van der Waals surface area contributed by atoms with Gasteiger partial charge in [0.2, 0.25) is 0 Å². The van der Waals surface area contributed by atoms with Gasteiger partial charge in [-0.15, -0.1) is 0 Å². The maximum absolute atomic E-state index is 13.0. The quantitative estimate of drug-likeness (QED) is 0.682. The number of pyridine rings is 1. The molecule has 3 rings (SSSR count). The van der Waals surface area contributed by atoms with Crippen molar-refractivity contribution in [3.8, 4) is 0 Å². The van der Waals surface area contributed by atoms with Gasteiger partial charge in [0, 0.05) is 19.3 Å². The van der Waals surface area contributed by atoms with Gasteiger partial charge < -0.3 is 5.32 Å². The van der Waals surface area contributed by atoms with Gasteiger partial charge in [-0.2, -0.15) is 0 Å². The summed E-state index contributed by atoms with van der Waals surface area (Å²) in [5.41, 5.74) is 0.617. The molecule has 0 spiro atoms. The third kappa shape index (κ3) is 5.48. The number of benzene rings is 1. The molecule has 29 heavy (non-hydrogen) atoms. The van der Waals surface area contributed by atoms with Gasteiger partial charge in [0.25, 0.3) is 10.0 Å². The van der Waals surface area contributed by atoms with E-state index >= 15 is 0 Å². The maximum atomic E-state index is 13.0. The molecule has 9 heteroatoms. The number of nitrogens with zero attached hydrogens (tertiary/aromatic N) is 2. The van der Waals surface area contributed by atoms with E-state index in [0.717, 1.165) is 6.42 Å². The van der Waals surface area contributed by atoms with Gasteiger partial charge in [0.15, 0.2) is 0 Å². The van der Waals surface area contributed by atoms with Crippen LogP contribution >= 0.6 is 0 Å². The standard InChI is InChI=1S/C20H27N3O4S2/c1-2-23(18-6-4-3-5-7-18)29(26,27)19-8-9-20(22-16-19)21-13-10-17-11-14-28(24,25)15-12-17/h3-9,16-17H,2,10-15H2,1H3,(H,21,22). The van der Waals surface area contributed by atoms with E-state index in [0.29, 0.717) is 43.4 Å². The minimum atomic E-state index is -3.68. The van der Waals surface area contributed by atoms with Crippen LogP contribution in [-0.2, 0) is 19.9 Å². The Hall–Kier alpha value is -2.13. The lowest BCUT2D eigenvalue weighted by molar-refractivity contribution is 0.445. The van der Waals surface area contributed by atoms with Crippen LogP contribution in [0.5, 0.6) is 0 Å². The van der Waals surface area contributed by atoms with Crippen molar-refractivity contribution < 1.29 is 16.8 Å². The Balaban J connectivity index is 1.59. The maximum Gasteiger partial charge on any atom is 0.265 e. The molecule has 1 aromatic heterocycles. The molecule has 1 aliphatic rings. The van der Waals surface area contributed by atoms with E-state index in [-0.39, 0.29) is 16.4 Å². The lowest BCUT2D eigenvalue weighted by atomic mass is 9.99. The predicted octanol–water partition coefficient (Wildman–Crippen LogP) is 2.92. The van der Waals surface area contributed by atoms with Crippen LogP contribution < -0.4 is 9.62 Å². The first kappa shape index (κ1) is 21.6. The minimum Gasteiger partial charge on any atom is -0.370 e. The first-order valence-corrected chi connectivity index (χ1v) is 13.1. The first-order chi connectivity index (χ1) is 13.8. The van der Waals surface area contributed by atoms with Gasteiger partial charge in [-0.25, -0.2) is 21.8 Å². The van der Waals surface area contributed by atoms with Crippen molar-refractivity contribution >= 4 is 31.4 Å². The number of aromatic nitrogens is 1. The molecule has 1 aromatic carbocycles. The zero-order chi connectivity index (χ0) is 20.9. The van der Waals surface area contributed by atoms with Crippen molar-refractivity contribution in [3.63, 3.8) is 0 Å². The summed E-state index contributed by atoms with van der Waals surface area (Å²) in [4.78, 5) is 4.39.